The van der Waals surface area contributed by atoms with E-state index in [2.05, 4.69) is 5.32 Å². The molecule has 0 unspecified atom stereocenters. The number of benzene rings is 2. The van der Waals surface area contributed by atoms with Gasteiger partial charge in [0.15, 0.2) is 0 Å². The van der Waals surface area contributed by atoms with Gasteiger partial charge in [0.1, 0.15) is 25.0 Å². The van der Waals surface area contributed by atoms with Crippen molar-refractivity contribution in [1.82, 2.24) is 5.32 Å². The van der Waals surface area contributed by atoms with Crippen molar-refractivity contribution in [3.05, 3.63) is 65.7 Å². The summed E-state index contributed by atoms with van der Waals surface area (Å²) in [6, 6.07) is 16.4. The van der Waals surface area contributed by atoms with Gasteiger partial charge >= 0.3 is 5.97 Å². The number of methoxy groups -OCH3 is 2. The largest absolute Gasteiger partial charge is 0.489 e. The van der Waals surface area contributed by atoms with Crippen molar-refractivity contribution in [2.24, 2.45) is 0 Å². The Morgan fingerprint density at radius 1 is 0.966 bits per heavy atom. The first-order valence-corrected chi connectivity index (χ1v) is 9.32. The van der Waals surface area contributed by atoms with Crippen LogP contribution < -0.4 is 10.1 Å². The second kappa shape index (κ2) is 12.5. The van der Waals surface area contributed by atoms with E-state index in [0.717, 1.165) is 11.1 Å². The second-order valence-electron chi connectivity index (χ2n) is 6.31. The van der Waals surface area contributed by atoms with Crippen LogP contribution in [-0.2, 0) is 36.8 Å². The average Bonchev–Trinajstić information content (AvgIpc) is 2.75. The molecule has 1 N–H and O–H groups in total. The van der Waals surface area contributed by atoms with Crippen molar-refractivity contribution in [3.8, 4) is 5.75 Å². The number of rotatable bonds is 12. The zero-order valence-electron chi connectivity index (χ0n) is 16.8. The van der Waals surface area contributed by atoms with Crippen molar-refractivity contribution in [2.45, 2.75) is 19.1 Å². The average molecular weight is 401 g/mol. The first-order chi connectivity index (χ1) is 14.1. The van der Waals surface area contributed by atoms with E-state index in [1.807, 2.05) is 54.6 Å². The predicted molar refractivity (Wildman–Crippen MR) is 108 cm³/mol. The van der Waals surface area contributed by atoms with Crippen LogP contribution in [0.4, 0.5) is 0 Å². The van der Waals surface area contributed by atoms with E-state index in [9.17, 15) is 9.59 Å². The molecule has 2 aromatic carbocycles. The Kier molecular flexibility index (Phi) is 9.68. The number of ether oxygens (including phenoxy) is 4. The fourth-order valence-electron chi connectivity index (χ4n) is 2.62. The van der Waals surface area contributed by atoms with Gasteiger partial charge in [-0.15, -0.1) is 0 Å². The Balaban J connectivity index is 1.94. The number of esters is 1. The van der Waals surface area contributed by atoms with Crippen molar-refractivity contribution in [3.63, 3.8) is 0 Å². The molecule has 29 heavy (non-hydrogen) atoms. The topological polar surface area (TPSA) is 83.1 Å². The molecule has 0 aliphatic rings. The highest BCUT2D eigenvalue weighted by Gasteiger charge is 2.22. The van der Waals surface area contributed by atoms with E-state index in [0.29, 0.717) is 25.6 Å². The van der Waals surface area contributed by atoms with Crippen LogP contribution in [-0.4, -0.2) is 52.0 Å². The summed E-state index contributed by atoms with van der Waals surface area (Å²) in [6.07, 6.45) is 0.277. The lowest BCUT2D eigenvalue weighted by atomic mass is 10.1. The number of carbonyl (C=O) groups is 2. The third-order valence-electron chi connectivity index (χ3n) is 4.07. The predicted octanol–water partition coefficient (Wildman–Crippen LogP) is 2.13. The van der Waals surface area contributed by atoms with Crippen LogP contribution in [0, 0.1) is 0 Å². The second-order valence-corrected chi connectivity index (χ2v) is 6.31. The van der Waals surface area contributed by atoms with Crippen molar-refractivity contribution in [1.29, 1.82) is 0 Å². The van der Waals surface area contributed by atoms with Crippen LogP contribution in [0.3, 0.4) is 0 Å². The fraction of sp³-hybridized carbons (Fsp3) is 0.364. The third kappa shape index (κ3) is 8.33. The summed E-state index contributed by atoms with van der Waals surface area (Å²) < 4.78 is 20.7. The van der Waals surface area contributed by atoms with Crippen LogP contribution in [0.5, 0.6) is 5.75 Å². The molecular formula is C22H27NO6. The van der Waals surface area contributed by atoms with Gasteiger partial charge in [0.2, 0.25) is 5.91 Å². The molecule has 0 aliphatic carbocycles. The minimum absolute atomic E-state index is 0.156. The maximum Gasteiger partial charge on any atom is 0.328 e. The molecule has 0 saturated heterocycles. The Hall–Kier alpha value is -2.90. The first-order valence-electron chi connectivity index (χ1n) is 9.32. The van der Waals surface area contributed by atoms with Gasteiger partial charge < -0.3 is 24.3 Å². The Labute approximate surface area is 170 Å². The fourth-order valence-corrected chi connectivity index (χ4v) is 2.62. The summed E-state index contributed by atoms with van der Waals surface area (Å²) in [4.78, 5) is 24.1. The van der Waals surface area contributed by atoms with Gasteiger partial charge in [0.25, 0.3) is 0 Å². The highest BCUT2D eigenvalue weighted by atomic mass is 16.5. The van der Waals surface area contributed by atoms with E-state index in [4.69, 9.17) is 18.9 Å². The summed E-state index contributed by atoms with van der Waals surface area (Å²) in [7, 11) is 2.84. The standard InChI is InChI=1S/C22H27NO6/c1-26-11-12-28-16-21(24)23-20(22(25)27-2)14-18-9-6-10-19(13-18)29-15-17-7-4-3-5-8-17/h3-10,13,20H,11-12,14-16H2,1-2H3,(H,23,24)/t20-/m1/s1. The zero-order valence-corrected chi connectivity index (χ0v) is 16.8. The first kappa shape index (κ1) is 22.4. The van der Waals surface area contributed by atoms with Gasteiger partial charge in [-0.3, -0.25) is 4.79 Å². The minimum atomic E-state index is -0.817. The Morgan fingerprint density at radius 3 is 2.45 bits per heavy atom. The molecule has 0 spiro atoms. The summed E-state index contributed by atoms with van der Waals surface area (Å²) >= 11 is 0. The van der Waals surface area contributed by atoms with Crippen molar-refractivity contribution in [2.75, 3.05) is 34.0 Å². The molecule has 0 aromatic heterocycles. The van der Waals surface area contributed by atoms with Crippen LogP contribution in [0.15, 0.2) is 54.6 Å². The lowest BCUT2D eigenvalue weighted by Gasteiger charge is -2.17. The number of hydrogen-bond donors (Lipinski definition) is 1. The summed E-state index contributed by atoms with van der Waals surface area (Å²) in [5, 5.41) is 2.65. The van der Waals surface area contributed by atoms with Gasteiger partial charge in [-0.25, -0.2) is 4.79 Å². The molecule has 2 rings (SSSR count). The highest BCUT2D eigenvalue weighted by Crippen LogP contribution is 2.17. The van der Waals surface area contributed by atoms with Gasteiger partial charge in [-0.05, 0) is 23.3 Å². The molecule has 156 valence electrons. The summed E-state index contributed by atoms with van der Waals surface area (Å²) in [5.41, 5.74) is 1.90. The number of amides is 1. The summed E-state index contributed by atoms with van der Waals surface area (Å²) in [5.74, 6) is -0.233. The molecule has 7 heteroatoms. The van der Waals surface area contributed by atoms with Gasteiger partial charge in [0.05, 0.1) is 20.3 Å². The number of carbonyl (C=O) groups excluding carboxylic acids is 2. The van der Waals surface area contributed by atoms with Gasteiger partial charge in [0, 0.05) is 13.5 Å². The van der Waals surface area contributed by atoms with Crippen molar-refractivity contribution < 1.29 is 28.5 Å². The van der Waals surface area contributed by atoms with E-state index < -0.39 is 17.9 Å². The van der Waals surface area contributed by atoms with Crippen LogP contribution >= 0.6 is 0 Å². The lowest BCUT2D eigenvalue weighted by molar-refractivity contribution is -0.145. The molecule has 7 nitrogen and oxygen atoms in total. The van der Waals surface area contributed by atoms with E-state index in [1.54, 1.807) is 7.11 Å². The lowest BCUT2D eigenvalue weighted by Crippen LogP contribution is -2.44. The molecule has 0 bridgehead atoms. The molecule has 2 aromatic rings. The van der Waals surface area contributed by atoms with Crippen molar-refractivity contribution >= 4 is 11.9 Å². The van der Waals surface area contributed by atoms with E-state index >= 15 is 0 Å². The number of nitrogens with one attached hydrogen (secondary N) is 1. The molecule has 0 heterocycles. The molecule has 0 aliphatic heterocycles. The molecule has 0 radical (unpaired) electrons. The minimum Gasteiger partial charge on any atom is -0.489 e. The maximum atomic E-state index is 12.1. The van der Waals surface area contributed by atoms with Crippen LogP contribution in [0.1, 0.15) is 11.1 Å². The Bertz CT molecular complexity index is 765. The van der Waals surface area contributed by atoms with Gasteiger partial charge in [-0.2, -0.15) is 0 Å². The number of hydrogen-bond acceptors (Lipinski definition) is 6. The third-order valence-corrected chi connectivity index (χ3v) is 4.07. The monoisotopic (exact) mass is 401 g/mol. The molecular weight excluding hydrogens is 374 g/mol. The van der Waals surface area contributed by atoms with Gasteiger partial charge in [-0.1, -0.05) is 42.5 Å². The normalized spacial score (nSPS) is 11.5. The molecule has 1 amide bonds. The summed E-state index contributed by atoms with van der Waals surface area (Å²) in [6.45, 7) is 0.981. The SMILES string of the molecule is COCCOCC(=O)N[C@H](Cc1cccc(OCc2ccccc2)c1)C(=O)OC. The molecule has 1 atom stereocenters. The van der Waals surface area contributed by atoms with Crippen LogP contribution in [0.25, 0.3) is 0 Å². The quantitative estimate of drug-likeness (QED) is 0.433. The molecule has 0 saturated carbocycles. The highest BCUT2D eigenvalue weighted by molar-refractivity contribution is 5.85. The Morgan fingerprint density at radius 2 is 1.72 bits per heavy atom. The maximum absolute atomic E-state index is 12.1. The zero-order chi connectivity index (χ0) is 20.9. The van der Waals surface area contributed by atoms with E-state index in [-0.39, 0.29) is 13.0 Å². The molecule has 0 fully saturated rings. The van der Waals surface area contributed by atoms with Crippen LogP contribution in [0.2, 0.25) is 0 Å². The smallest absolute Gasteiger partial charge is 0.328 e. The van der Waals surface area contributed by atoms with E-state index in [1.165, 1.54) is 7.11 Å².